The van der Waals surface area contributed by atoms with Gasteiger partial charge in [-0.05, 0) is 57.2 Å². The number of ether oxygens (including phenoxy) is 4. The highest BCUT2D eigenvalue weighted by Gasteiger charge is 2.26. The fraction of sp³-hybridized carbons (Fsp3) is 0.552. The molecule has 1 N–H and O–H groups in total. The molecule has 2 rings (SSSR count). The maximum Gasteiger partial charge on any atom is 0.311 e. The Hall–Kier alpha value is -2.57. The van der Waals surface area contributed by atoms with Gasteiger partial charge in [-0.2, -0.15) is 0 Å². The lowest BCUT2D eigenvalue weighted by molar-refractivity contribution is -0.154. The molecule has 0 fully saturated rings. The summed E-state index contributed by atoms with van der Waals surface area (Å²) >= 11 is 0. The Morgan fingerprint density at radius 1 is 0.971 bits per heavy atom. The summed E-state index contributed by atoms with van der Waals surface area (Å²) in [6, 6.07) is 11.5. The molecule has 1 unspecified atom stereocenters. The van der Waals surface area contributed by atoms with Gasteiger partial charge in [-0.25, -0.2) is 0 Å². The van der Waals surface area contributed by atoms with Crippen molar-refractivity contribution in [1.82, 2.24) is 0 Å². The number of carbonyl (C=O) groups is 1. The molecular formula is C29H44O6. The Labute approximate surface area is 211 Å². The number of hydrogen-bond donors (Lipinski definition) is 1. The lowest BCUT2D eigenvalue weighted by Crippen LogP contribution is -2.27. The molecule has 6 nitrogen and oxygen atoms in total. The van der Waals surface area contributed by atoms with Crippen LogP contribution in [0.25, 0.3) is 0 Å². The van der Waals surface area contributed by atoms with E-state index in [2.05, 4.69) is 13.8 Å². The second-order valence-corrected chi connectivity index (χ2v) is 9.40. The van der Waals surface area contributed by atoms with Gasteiger partial charge in [0.1, 0.15) is 24.7 Å². The van der Waals surface area contributed by atoms with Gasteiger partial charge in [-0.1, -0.05) is 50.6 Å². The number of aryl methyl sites for hydroxylation is 1. The van der Waals surface area contributed by atoms with Crippen molar-refractivity contribution >= 4 is 5.97 Å². The number of benzene rings is 2. The SMILES string of the molecule is CCC(C)(C)C(=O)OCCOc1c(COC)cc(C)cc1COC.CCC(C)c1ccc(O)cc1. The average Bonchev–Trinajstić information content (AvgIpc) is 2.83. The van der Waals surface area contributed by atoms with E-state index in [0.717, 1.165) is 35.3 Å². The third-order valence-corrected chi connectivity index (χ3v) is 6.06. The summed E-state index contributed by atoms with van der Waals surface area (Å²) < 4.78 is 21.7. The first-order valence-electron chi connectivity index (χ1n) is 12.3. The van der Waals surface area contributed by atoms with Crippen molar-refractivity contribution in [1.29, 1.82) is 0 Å². The molecule has 0 aliphatic carbocycles. The zero-order valence-corrected chi connectivity index (χ0v) is 22.8. The van der Waals surface area contributed by atoms with Crippen LogP contribution in [0.2, 0.25) is 0 Å². The van der Waals surface area contributed by atoms with E-state index in [-0.39, 0.29) is 12.6 Å². The second-order valence-electron chi connectivity index (χ2n) is 9.40. The van der Waals surface area contributed by atoms with Crippen molar-refractivity contribution in [3.05, 3.63) is 58.7 Å². The van der Waals surface area contributed by atoms with Gasteiger partial charge in [-0.3, -0.25) is 4.79 Å². The van der Waals surface area contributed by atoms with Crippen LogP contribution < -0.4 is 4.74 Å². The van der Waals surface area contributed by atoms with Crippen molar-refractivity contribution in [3.63, 3.8) is 0 Å². The highest BCUT2D eigenvalue weighted by atomic mass is 16.6. The molecule has 0 aromatic heterocycles. The van der Waals surface area contributed by atoms with Gasteiger partial charge < -0.3 is 24.1 Å². The van der Waals surface area contributed by atoms with Crippen molar-refractivity contribution in [2.24, 2.45) is 5.41 Å². The third kappa shape index (κ3) is 10.3. The molecule has 1 atom stereocenters. The van der Waals surface area contributed by atoms with Gasteiger partial charge in [0.15, 0.2) is 0 Å². The Balaban J connectivity index is 0.000000462. The summed E-state index contributed by atoms with van der Waals surface area (Å²) in [4.78, 5) is 12.0. The number of esters is 1. The first-order chi connectivity index (χ1) is 16.6. The minimum atomic E-state index is -0.466. The molecule has 6 heteroatoms. The van der Waals surface area contributed by atoms with Crippen LogP contribution in [0.1, 0.15) is 75.6 Å². The maximum atomic E-state index is 12.0. The summed E-state index contributed by atoms with van der Waals surface area (Å²) in [6.45, 7) is 13.5. The largest absolute Gasteiger partial charge is 0.508 e. The lowest BCUT2D eigenvalue weighted by Gasteiger charge is -2.21. The molecule has 2 aromatic carbocycles. The van der Waals surface area contributed by atoms with Crippen LogP contribution in [0.15, 0.2) is 36.4 Å². The maximum absolute atomic E-state index is 12.0. The van der Waals surface area contributed by atoms with Crippen LogP contribution >= 0.6 is 0 Å². The van der Waals surface area contributed by atoms with E-state index < -0.39 is 5.41 Å². The van der Waals surface area contributed by atoms with Gasteiger partial charge in [0.2, 0.25) is 0 Å². The molecule has 0 saturated heterocycles. The van der Waals surface area contributed by atoms with Gasteiger partial charge in [0, 0.05) is 25.3 Å². The molecule has 0 heterocycles. The van der Waals surface area contributed by atoms with Gasteiger partial charge >= 0.3 is 5.97 Å². The molecule has 35 heavy (non-hydrogen) atoms. The second kappa shape index (κ2) is 15.4. The Morgan fingerprint density at radius 3 is 1.97 bits per heavy atom. The smallest absolute Gasteiger partial charge is 0.311 e. The van der Waals surface area contributed by atoms with Crippen LogP contribution in [-0.4, -0.2) is 38.5 Å². The molecular weight excluding hydrogens is 444 g/mol. The van der Waals surface area contributed by atoms with Crippen LogP contribution in [0, 0.1) is 12.3 Å². The average molecular weight is 489 g/mol. The predicted molar refractivity (Wildman–Crippen MR) is 140 cm³/mol. The predicted octanol–water partition coefficient (Wildman–Crippen LogP) is 6.55. The number of rotatable bonds is 12. The number of hydrogen-bond acceptors (Lipinski definition) is 6. The van der Waals surface area contributed by atoms with E-state index >= 15 is 0 Å². The highest BCUT2D eigenvalue weighted by molar-refractivity contribution is 5.75. The van der Waals surface area contributed by atoms with Crippen molar-refractivity contribution in [2.75, 3.05) is 27.4 Å². The van der Waals surface area contributed by atoms with E-state index in [1.54, 1.807) is 26.4 Å². The number of methoxy groups -OCH3 is 2. The molecule has 0 spiro atoms. The zero-order valence-electron chi connectivity index (χ0n) is 22.8. The summed E-state index contributed by atoms with van der Waals surface area (Å²) in [5, 5.41) is 9.01. The standard InChI is InChI=1S/C19H30O5.C10H14O/c1-7-19(3,4)18(20)24-9-8-23-17-15(12-21-5)10-14(2)11-16(17)13-22-6;1-3-8(2)9-4-6-10(11)7-5-9/h10-11H,7-9,12-13H2,1-6H3;4-8,11H,3H2,1-2H3. The normalized spacial score (nSPS) is 11.9. The number of phenolic OH excluding ortho intramolecular Hbond substituents is 1. The Bertz CT molecular complexity index is 862. The van der Waals surface area contributed by atoms with E-state index in [1.165, 1.54) is 5.56 Å². The first kappa shape index (κ1) is 30.5. The van der Waals surface area contributed by atoms with E-state index in [0.29, 0.717) is 31.5 Å². The van der Waals surface area contributed by atoms with E-state index in [4.69, 9.17) is 24.1 Å². The van der Waals surface area contributed by atoms with Crippen molar-refractivity contribution < 1.29 is 28.8 Å². The molecule has 0 radical (unpaired) electrons. The molecule has 0 aliphatic rings. The molecule has 0 amide bonds. The monoisotopic (exact) mass is 488 g/mol. The Kier molecular flexibility index (Phi) is 13.4. The summed E-state index contributed by atoms with van der Waals surface area (Å²) in [6.07, 6.45) is 1.88. The highest BCUT2D eigenvalue weighted by Crippen LogP contribution is 2.28. The van der Waals surface area contributed by atoms with Crippen molar-refractivity contribution in [3.8, 4) is 11.5 Å². The van der Waals surface area contributed by atoms with Crippen molar-refractivity contribution in [2.45, 2.75) is 73.5 Å². The van der Waals surface area contributed by atoms with Crippen LogP contribution in [0.5, 0.6) is 11.5 Å². The summed E-state index contributed by atoms with van der Waals surface area (Å²) in [5.74, 6) is 1.48. The first-order valence-corrected chi connectivity index (χ1v) is 12.3. The van der Waals surface area contributed by atoms with Gasteiger partial charge in [0.25, 0.3) is 0 Å². The fourth-order valence-corrected chi connectivity index (χ4v) is 3.30. The Morgan fingerprint density at radius 2 is 1.51 bits per heavy atom. The number of aromatic hydroxyl groups is 1. The van der Waals surface area contributed by atoms with Gasteiger partial charge in [-0.15, -0.1) is 0 Å². The molecule has 2 aromatic rings. The summed E-state index contributed by atoms with van der Waals surface area (Å²) in [5.41, 5.74) is 3.88. The topological polar surface area (TPSA) is 74.2 Å². The molecule has 0 aliphatic heterocycles. The molecule has 0 bridgehead atoms. The zero-order chi connectivity index (χ0) is 26.4. The molecule has 196 valence electrons. The lowest BCUT2D eigenvalue weighted by atomic mass is 9.91. The molecule has 0 saturated carbocycles. The summed E-state index contributed by atoms with van der Waals surface area (Å²) in [7, 11) is 3.30. The van der Waals surface area contributed by atoms with Crippen LogP contribution in [0.3, 0.4) is 0 Å². The van der Waals surface area contributed by atoms with Crippen LogP contribution in [0.4, 0.5) is 0 Å². The van der Waals surface area contributed by atoms with Crippen LogP contribution in [-0.2, 0) is 32.2 Å². The minimum Gasteiger partial charge on any atom is -0.508 e. The van der Waals surface area contributed by atoms with Gasteiger partial charge in [0.05, 0.1) is 18.6 Å². The number of carbonyl (C=O) groups excluding carboxylic acids is 1. The number of phenols is 1. The quantitative estimate of drug-likeness (QED) is 0.270. The minimum absolute atomic E-state index is 0.202. The van der Waals surface area contributed by atoms with E-state index in [9.17, 15) is 4.79 Å². The fourth-order valence-electron chi connectivity index (χ4n) is 3.30. The van der Waals surface area contributed by atoms with E-state index in [1.807, 2.05) is 52.0 Å². The third-order valence-electron chi connectivity index (χ3n) is 6.06.